The number of hydrogen-bond acceptors (Lipinski definition) is 4. The maximum Gasteiger partial charge on any atom is 0.239 e. The fourth-order valence-corrected chi connectivity index (χ4v) is 5.49. The van der Waals surface area contributed by atoms with E-state index in [9.17, 15) is 13.2 Å². The van der Waals surface area contributed by atoms with Crippen molar-refractivity contribution in [2.75, 3.05) is 12.5 Å². The summed E-state index contributed by atoms with van der Waals surface area (Å²) < 4.78 is 25.0. The molecule has 0 spiro atoms. The normalized spacial score (nSPS) is 43.1. The van der Waals surface area contributed by atoms with Gasteiger partial charge in [0.15, 0.2) is 6.73 Å². The van der Waals surface area contributed by atoms with Crippen molar-refractivity contribution in [1.29, 1.82) is 0 Å². The van der Waals surface area contributed by atoms with E-state index in [1.807, 2.05) is 13.8 Å². The number of Topliss-reactive ketones (excluding diaryl/α,β-unsaturated/α-hetero) is 1. The molecule has 1 unspecified atom stereocenters. The molecule has 0 aromatic rings. The lowest BCUT2D eigenvalue weighted by Crippen LogP contribution is -2.43. The van der Waals surface area contributed by atoms with Crippen LogP contribution in [0.3, 0.4) is 0 Å². The number of fused-ring (bicyclic) bond motifs is 2. The highest BCUT2D eigenvalue weighted by molar-refractivity contribution is 7.89. The predicted octanol–water partition coefficient (Wildman–Crippen LogP) is 0.916. The molecule has 2 aliphatic carbocycles. The van der Waals surface area contributed by atoms with E-state index >= 15 is 0 Å². The SMILES string of the molecule is CC1(C)[C@H]2CC[C@]1(CS(=O)(=O)N1CO1)C(=O)C2. The molecule has 3 rings (SSSR count). The van der Waals surface area contributed by atoms with Gasteiger partial charge in [0.25, 0.3) is 0 Å². The average molecular weight is 259 g/mol. The lowest BCUT2D eigenvalue weighted by molar-refractivity contribution is -0.128. The molecule has 0 N–H and O–H groups in total. The zero-order valence-electron chi connectivity index (χ0n) is 10.1. The van der Waals surface area contributed by atoms with Crippen molar-refractivity contribution in [2.24, 2.45) is 16.7 Å². The van der Waals surface area contributed by atoms with Gasteiger partial charge in [-0.3, -0.25) is 9.63 Å². The predicted molar refractivity (Wildman–Crippen MR) is 60.1 cm³/mol. The lowest BCUT2D eigenvalue weighted by Gasteiger charge is -2.35. The van der Waals surface area contributed by atoms with Crippen molar-refractivity contribution in [3.63, 3.8) is 0 Å². The quantitative estimate of drug-likeness (QED) is 0.707. The number of rotatable bonds is 3. The third-order valence-electron chi connectivity index (χ3n) is 5.11. The van der Waals surface area contributed by atoms with Crippen molar-refractivity contribution in [3.8, 4) is 0 Å². The molecule has 6 heteroatoms. The van der Waals surface area contributed by atoms with Gasteiger partial charge in [-0.05, 0) is 24.2 Å². The number of hydroxylamine groups is 1. The van der Waals surface area contributed by atoms with E-state index < -0.39 is 15.4 Å². The first kappa shape index (κ1) is 11.6. The Balaban J connectivity index is 1.97. The molecule has 3 fully saturated rings. The summed E-state index contributed by atoms with van der Waals surface area (Å²) in [5.74, 6) is 0.395. The summed E-state index contributed by atoms with van der Waals surface area (Å²) >= 11 is 0. The van der Waals surface area contributed by atoms with Crippen LogP contribution in [0.4, 0.5) is 0 Å². The Morgan fingerprint density at radius 3 is 2.53 bits per heavy atom. The number of hydrogen-bond donors (Lipinski definition) is 0. The van der Waals surface area contributed by atoms with Crippen LogP contribution in [0.2, 0.25) is 0 Å². The van der Waals surface area contributed by atoms with E-state index in [-0.39, 0.29) is 23.7 Å². The highest BCUT2D eigenvalue weighted by Gasteiger charge is 2.66. The van der Waals surface area contributed by atoms with Gasteiger partial charge in [-0.2, -0.15) is 0 Å². The molecule has 17 heavy (non-hydrogen) atoms. The monoisotopic (exact) mass is 259 g/mol. The van der Waals surface area contributed by atoms with Crippen molar-refractivity contribution in [1.82, 2.24) is 4.47 Å². The van der Waals surface area contributed by atoms with Crippen molar-refractivity contribution in [2.45, 2.75) is 33.1 Å². The molecule has 0 radical (unpaired) electrons. The van der Waals surface area contributed by atoms with Gasteiger partial charge in [-0.25, -0.2) is 8.42 Å². The topological polar surface area (TPSA) is 66.8 Å². The first-order valence-electron chi connectivity index (χ1n) is 5.96. The molecule has 96 valence electrons. The van der Waals surface area contributed by atoms with Crippen LogP contribution in [0, 0.1) is 16.7 Å². The molecule has 0 aromatic heterocycles. The average Bonchev–Trinajstić information content (AvgIpc) is 2.98. The van der Waals surface area contributed by atoms with Crippen LogP contribution in [-0.4, -0.2) is 31.2 Å². The molecule has 0 aromatic carbocycles. The molecule has 1 saturated heterocycles. The van der Waals surface area contributed by atoms with Gasteiger partial charge in [0, 0.05) is 11.8 Å². The highest BCUT2D eigenvalue weighted by Crippen LogP contribution is 2.64. The van der Waals surface area contributed by atoms with Crippen molar-refractivity contribution in [3.05, 3.63) is 0 Å². The Bertz CT molecular complexity index is 480. The zero-order chi connectivity index (χ0) is 12.5. The largest absolute Gasteiger partial charge is 0.299 e. The van der Waals surface area contributed by atoms with Crippen molar-refractivity contribution < 1.29 is 18.0 Å². The van der Waals surface area contributed by atoms with Crippen LogP contribution < -0.4 is 0 Å². The summed E-state index contributed by atoms with van der Waals surface area (Å²) in [5, 5.41) is 0. The fourth-order valence-electron chi connectivity index (χ4n) is 3.68. The van der Waals surface area contributed by atoms with Gasteiger partial charge in [-0.15, -0.1) is 0 Å². The number of carbonyl (C=O) groups is 1. The highest BCUT2D eigenvalue weighted by atomic mass is 32.2. The van der Waals surface area contributed by atoms with E-state index in [0.717, 1.165) is 10.9 Å². The third-order valence-corrected chi connectivity index (χ3v) is 6.80. The van der Waals surface area contributed by atoms with E-state index in [2.05, 4.69) is 0 Å². The van der Waals surface area contributed by atoms with Gasteiger partial charge < -0.3 is 0 Å². The van der Waals surface area contributed by atoms with Gasteiger partial charge in [-0.1, -0.05) is 18.3 Å². The van der Waals surface area contributed by atoms with Crippen LogP contribution in [0.5, 0.6) is 0 Å². The summed E-state index contributed by atoms with van der Waals surface area (Å²) in [5.41, 5.74) is -0.879. The Morgan fingerprint density at radius 1 is 1.47 bits per heavy atom. The molecule has 1 heterocycles. The summed E-state index contributed by atoms with van der Waals surface area (Å²) in [6.07, 6.45) is 2.22. The zero-order valence-corrected chi connectivity index (χ0v) is 10.9. The number of carbonyl (C=O) groups excluding carboxylic acids is 1. The van der Waals surface area contributed by atoms with E-state index in [0.29, 0.717) is 18.8 Å². The van der Waals surface area contributed by atoms with Crippen LogP contribution in [0.15, 0.2) is 0 Å². The molecule has 2 bridgehead atoms. The summed E-state index contributed by atoms with van der Waals surface area (Å²) in [6.45, 7) is 4.21. The maximum atomic E-state index is 12.2. The van der Waals surface area contributed by atoms with Gasteiger partial charge in [0.1, 0.15) is 5.78 Å². The number of ketones is 1. The van der Waals surface area contributed by atoms with Crippen LogP contribution in [0.25, 0.3) is 0 Å². The fraction of sp³-hybridized carbons (Fsp3) is 0.909. The van der Waals surface area contributed by atoms with E-state index in [4.69, 9.17) is 4.84 Å². The van der Waals surface area contributed by atoms with Crippen LogP contribution in [-0.2, 0) is 19.7 Å². The minimum atomic E-state index is -3.43. The first-order valence-corrected chi connectivity index (χ1v) is 7.57. The lowest BCUT2D eigenvalue weighted by atomic mass is 9.70. The minimum absolute atomic E-state index is 0.0810. The number of sulfonamides is 1. The Hall–Kier alpha value is -0.460. The molecule has 3 atom stereocenters. The first-order chi connectivity index (χ1) is 7.80. The molecule has 1 aliphatic heterocycles. The summed E-state index contributed by atoms with van der Waals surface area (Å²) in [4.78, 5) is 16.9. The smallest absolute Gasteiger partial charge is 0.239 e. The molecule has 2 saturated carbocycles. The minimum Gasteiger partial charge on any atom is -0.299 e. The number of nitrogens with zero attached hydrogens (tertiary/aromatic N) is 1. The molecule has 3 aliphatic rings. The Labute approximate surface area is 101 Å². The summed E-state index contributed by atoms with van der Waals surface area (Å²) in [7, 11) is -3.43. The van der Waals surface area contributed by atoms with Gasteiger partial charge in [0.2, 0.25) is 10.0 Å². The molecule has 5 nitrogen and oxygen atoms in total. The Kier molecular flexibility index (Phi) is 2.12. The second kappa shape index (κ2) is 3.10. The summed E-state index contributed by atoms with van der Waals surface area (Å²) in [6, 6.07) is 0. The van der Waals surface area contributed by atoms with Gasteiger partial charge >= 0.3 is 0 Å². The Morgan fingerprint density at radius 2 is 2.12 bits per heavy atom. The second-order valence-corrected chi connectivity index (χ2v) is 7.84. The van der Waals surface area contributed by atoms with E-state index in [1.54, 1.807) is 0 Å². The molecular formula is C11H17NO4S. The molecular weight excluding hydrogens is 242 g/mol. The molecule has 0 amide bonds. The van der Waals surface area contributed by atoms with Crippen LogP contribution >= 0.6 is 0 Å². The third kappa shape index (κ3) is 1.37. The van der Waals surface area contributed by atoms with Crippen LogP contribution in [0.1, 0.15) is 33.1 Å². The maximum absolute atomic E-state index is 12.2. The van der Waals surface area contributed by atoms with Crippen molar-refractivity contribution >= 4 is 15.8 Å². The van der Waals surface area contributed by atoms with E-state index in [1.165, 1.54) is 0 Å². The van der Waals surface area contributed by atoms with Gasteiger partial charge in [0.05, 0.1) is 5.75 Å². The standard InChI is InChI=1S/C11H17NO4S/c1-10(2)8-3-4-11(10,9(13)5-8)6-17(14,15)12-7-16-12/h8H,3-7H2,1-2H3/t8-,11-,12?/m0/s1. The second-order valence-electron chi connectivity index (χ2n) is 5.98.